The van der Waals surface area contributed by atoms with E-state index < -0.39 is 0 Å². The molecule has 1 unspecified atom stereocenters. The first-order valence-electron chi connectivity index (χ1n) is 6.94. The Morgan fingerprint density at radius 3 is 2.57 bits per heavy atom. The van der Waals surface area contributed by atoms with Crippen LogP contribution < -0.4 is 14.8 Å². The third-order valence-electron chi connectivity index (χ3n) is 3.40. The van der Waals surface area contributed by atoms with Crippen LogP contribution in [0.15, 0.2) is 40.9 Å². The molecule has 23 heavy (non-hydrogen) atoms. The SMILES string of the molecule is COc1cc(Br)c(OC)c(C(=O)NC(C)c2cccc(Cl)c2)c1. The second-order valence-electron chi connectivity index (χ2n) is 4.94. The second-order valence-corrected chi connectivity index (χ2v) is 6.23. The maximum atomic E-state index is 12.6. The van der Waals surface area contributed by atoms with E-state index in [0.717, 1.165) is 5.56 Å². The molecule has 0 saturated heterocycles. The molecule has 0 bridgehead atoms. The molecule has 4 nitrogen and oxygen atoms in total. The summed E-state index contributed by atoms with van der Waals surface area (Å²) in [4.78, 5) is 12.6. The fraction of sp³-hybridized carbons (Fsp3) is 0.235. The van der Waals surface area contributed by atoms with Crippen molar-refractivity contribution in [2.75, 3.05) is 14.2 Å². The highest BCUT2D eigenvalue weighted by Crippen LogP contribution is 2.34. The lowest BCUT2D eigenvalue weighted by molar-refractivity contribution is 0.0936. The Morgan fingerprint density at radius 1 is 1.22 bits per heavy atom. The van der Waals surface area contributed by atoms with E-state index in [9.17, 15) is 4.79 Å². The molecule has 0 aliphatic heterocycles. The third-order valence-corrected chi connectivity index (χ3v) is 4.22. The topological polar surface area (TPSA) is 47.6 Å². The fourth-order valence-corrected chi connectivity index (χ4v) is 3.00. The van der Waals surface area contributed by atoms with Crippen LogP contribution in [0, 0.1) is 0 Å². The van der Waals surface area contributed by atoms with Crippen LogP contribution in [0.4, 0.5) is 0 Å². The molecule has 122 valence electrons. The molecule has 1 atom stereocenters. The van der Waals surface area contributed by atoms with Crippen LogP contribution in [0.3, 0.4) is 0 Å². The van der Waals surface area contributed by atoms with Crippen molar-refractivity contribution in [3.63, 3.8) is 0 Å². The molecular weight excluding hydrogens is 382 g/mol. The molecule has 0 saturated carbocycles. The van der Waals surface area contributed by atoms with Crippen LogP contribution >= 0.6 is 27.5 Å². The maximum Gasteiger partial charge on any atom is 0.255 e. The van der Waals surface area contributed by atoms with Gasteiger partial charge in [-0.15, -0.1) is 0 Å². The minimum Gasteiger partial charge on any atom is -0.497 e. The molecule has 2 rings (SSSR count). The second kappa shape index (κ2) is 7.70. The Bertz CT molecular complexity index is 721. The number of carbonyl (C=O) groups is 1. The van der Waals surface area contributed by atoms with Gasteiger partial charge in [0.25, 0.3) is 5.91 Å². The minimum atomic E-state index is -0.256. The Labute approximate surface area is 148 Å². The van der Waals surface area contributed by atoms with Gasteiger partial charge in [-0.25, -0.2) is 0 Å². The Balaban J connectivity index is 2.28. The number of nitrogens with one attached hydrogen (secondary N) is 1. The van der Waals surface area contributed by atoms with E-state index in [1.165, 1.54) is 7.11 Å². The molecule has 2 aromatic carbocycles. The van der Waals surface area contributed by atoms with Crippen LogP contribution in [-0.2, 0) is 0 Å². The molecule has 2 aromatic rings. The number of hydrogen-bond donors (Lipinski definition) is 1. The Kier molecular flexibility index (Phi) is 5.91. The van der Waals surface area contributed by atoms with Crippen molar-refractivity contribution < 1.29 is 14.3 Å². The fourth-order valence-electron chi connectivity index (χ4n) is 2.20. The smallest absolute Gasteiger partial charge is 0.255 e. The van der Waals surface area contributed by atoms with Crippen molar-refractivity contribution in [2.45, 2.75) is 13.0 Å². The zero-order chi connectivity index (χ0) is 17.0. The van der Waals surface area contributed by atoms with Crippen molar-refractivity contribution in [1.29, 1.82) is 0 Å². The van der Waals surface area contributed by atoms with Crippen LogP contribution in [0.1, 0.15) is 28.9 Å². The minimum absolute atomic E-state index is 0.198. The number of halogens is 2. The molecule has 0 radical (unpaired) electrons. The number of rotatable bonds is 5. The molecule has 6 heteroatoms. The number of ether oxygens (including phenoxy) is 2. The lowest BCUT2D eigenvalue weighted by atomic mass is 10.1. The molecular formula is C17H17BrClNO3. The zero-order valence-electron chi connectivity index (χ0n) is 13.0. The van der Waals surface area contributed by atoms with E-state index in [-0.39, 0.29) is 11.9 Å². The average Bonchev–Trinajstić information content (AvgIpc) is 2.53. The zero-order valence-corrected chi connectivity index (χ0v) is 15.4. The summed E-state index contributed by atoms with van der Waals surface area (Å²) in [6.45, 7) is 1.89. The normalized spacial score (nSPS) is 11.7. The van der Waals surface area contributed by atoms with E-state index in [0.29, 0.717) is 26.6 Å². The summed E-state index contributed by atoms with van der Waals surface area (Å²) in [6.07, 6.45) is 0. The number of carbonyl (C=O) groups excluding carboxylic acids is 1. The van der Waals surface area contributed by atoms with Gasteiger partial charge in [-0.1, -0.05) is 23.7 Å². The van der Waals surface area contributed by atoms with E-state index in [2.05, 4.69) is 21.2 Å². The van der Waals surface area contributed by atoms with Crippen LogP contribution in [0.5, 0.6) is 11.5 Å². The van der Waals surface area contributed by atoms with Gasteiger partial charge in [-0.3, -0.25) is 4.79 Å². The summed E-state index contributed by atoms with van der Waals surface area (Å²) < 4.78 is 11.2. The molecule has 0 aromatic heterocycles. The molecule has 1 amide bonds. The largest absolute Gasteiger partial charge is 0.497 e. The third kappa shape index (κ3) is 4.18. The lowest BCUT2D eigenvalue weighted by Gasteiger charge is -2.17. The first-order valence-corrected chi connectivity index (χ1v) is 8.11. The van der Waals surface area contributed by atoms with E-state index in [1.807, 2.05) is 25.1 Å². The summed E-state index contributed by atoms with van der Waals surface area (Å²) in [6, 6.07) is 10.6. The van der Waals surface area contributed by atoms with Gasteiger partial charge in [0.1, 0.15) is 11.5 Å². The summed E-state index contributed by atoms with van der Waals surface area (Å²) in [5.41, 5.74) is 1.32. The van der Waals surface area contributed by atoms with Crippen molar-refractivity contribution in [2.24, 2.45) is 0 Å². The number of methoxy groups -OCH3 is 2. The van der Waals surface area contributed by atoms with Crippen molar-refractivity contribution >= 4 is 33.4 Å². The standard InChI is InChI=1S/C17H17BrClNO3/c1-10(11-5-4-6-12(19)7-11)20-17(21)14-8-13(22-2)9-15(18)16(14)23-3/h4-10H,1-3H3,(H,20,21). The van der Waals surface area contributed by atoms with Crippen molar-refractivity contribution in [3.05, 3.63) is 57.0 Å². The van der Waals surface area contributed by atoms with E-state index >= 15 is 0 Å². The number of benzene rings is 2. The first-order chi connectivity index (χ1) is 11.0. The Hall–Kier alpha value is -1.72. The quantitative estimate of drug-likeness (QED) is 0.800. The van der Waals surface area contributed by atoms with Gasteiger partial charge >= 0.3 is 0 Å². The van der Waals surface area contributed by atoms with Crippen LogP contribution in [0.25, 0.3) is 0 Å². The highest BCUT2D eigenvalue weighted by Gasteiger charge is 2.19. The van der Waals surface area contributed by atoms with Gasteiger partial charge in [0.15, 0.2) is 0 Å². The van der Waals surface area contributed by atoms with Crippen molar-refractivity contribution in [3.8, 4) is 11.5 Å². The summed E-state index contributed by atoms with van der Waals surface area (Å²) in [5.74, 6) is 0.772. The highest BCUT2D eigenvalue weighted by molar-refractivity contribution is 9.10. The summed E-state index contributed by atoms with van der Waals surface area (Å²) >= 11 is 9.38. The van der Waals surface area contributed by atoms with Crippen LogP contribution in [0.2, 0.25) is 5.02 Å². The van der Waals surface area contributed by atoms with E-state index in [1.54, 1.807) is 25.3 Å². The summed E-state index contributed by atoms with van der Waals surface area (Å²) in [7, 11) is 3.06. The van der Waals surface area contributed by atoms with Gasteiger partial charge < -0.3 is 14.8 Å². The predicted octanol–water partition coefficient (Wildman–Crippen LogP) is 4.61. The molecule has 1 N–H and O–H groups in total. The lowest BCUT2D eigenvalue weighted by Crippen LogP contribution is -2.27. The van der Waals surface area contributed by atoms with Crippen LogP contribution in [-0.4, -0.2) is 20.1 Å². The van der Waals surface area contributed by atoms with E-state index in [4.69, 9.17) is 21.1 Å². The predicted molar refractivity (Wildman–Crippen MR) is 94.6 cm³/mol. The molecule has 0 spiro atoms. The number of hydrogen-bond acceptors (Lipinski definition) is 3. The molecule has 0 aliphatic rings. The van der Waals surface area contributed by atoms with Crippen molar-refractivity contribution in [1.82, 2.24) is 5.32 Å². The summed E-state index contributed by atoms with van der Waals surface area (Å²) in [5, 5.41) is 3.57. The first kappa shape index (κ1) is 17.6. The van der Waals surface area contributed by atoms with Gasteiger partial charge in [-0.2, -0.15) is 0 Å². The Morgan fingerprint density at radius 2 is 1.96 bits per heavy atom. The number of amides is 1. The molecule has 0 aliphatic carbocycles. The maximum absolute atomic E-state index is 12.6. The van der Waals surface area contributed by atoms with Gasteiger partial charge in [0, 0.05) is 5.02 Å². The highest BCUT2D eigenvalue weighted by atomic mass is 79.9. The molecule has 0 fully saturated rings. The average molecular weight is 399 g/mol. The molecule has 0 heterocycles. The monoisotopic (exact) mass is 397 g/mol. The van der Waals surface area contributed by atoms with Gasteiger partial charge in [0.05, 0.1) is 30.3 Å². The van der Waals surface area contributed by atoms with Gasteiger partial charge in [0.2, 0.25) is 0 Å². The van der Waals surface area contributed by atoms with Gasteiger partial charge in [-0.05, 0) is 52.7 Å².